The van der Waals surface area contributed by atoms with E-state index in [1.54, 1.807) is 30.4 Å². The predicted octanol–water partition coefficient (Wildman–Crippen LogP) is 1.96. The summed E-state index contributed by atoms with van der Waals surface area (Å²) in [4.78, 5) is 8.19. The topological polar surface area (TPSA) is 37.8 Å². The fourth-order valence-corrected chi connectivity index (χ4v) is 1.63. The minimum Gasteiger partial charge on any atom is -0.311 e. The zero-order valence-electron chi connectivity index (χ0n) is 8.95. The molecule has 0 aliphatic rings. The monoisotopic (exact) mass is 211 g/mol. The highest BCUT2D eigenvalue weighted by Gasteiger charge is 2.07. The quantitative estimate of drug-likeness (QED) is 0.610. The largest absolute Gasteiger partial charge is 0.311 e. The maximum atomic E-state index is 4.19. The van der Waals surface area contributed by atoms with E-state index in [0.717, 1.165) is 17.3 Å². The minimum absolute atomic E-state index is 0.197. The van der Waals surface area contributed by atoms with Crippen molar-refractivity contribution in [3.05, 3.63) is 18.6 Å². The molecule has 1 aromatic rings. The Kier molecular flexibility index (Phi) is 4.35. The third-order valence-corrected chi connectivity index (χ3v) is 2.46. The summed E-state index contributed by atoms with van der Waals surface area (Å²) in [7, 11) is 0. The molecular formula is C10H17N3S. The van der Waals surface area contributed by atoms with E-state index < -0.39 is 0 Å². The molecule has 0 atom stereocenters. The van der Waals surface area contributed by atoms with E-state index in [2.05, 4.69) is 36.1 Å². The molecule has 0 aromatic carbocycles. The summed E-state index contributed by atoms with van der Waals surface area (Å²) < 4.78 is 0. The average Bonchev–Trinajstić information content (AvgIpc) is 2.13. The average molecular weight is 211 g/mol. The summed E-state index contributed by atoms with van der Waals surface area (Å²) >= 11 is 1.72. The fourth-order valence-electron chi connectivity index (χ4n) is 0.942. The van der Waals surface area contributed by atoms with E-state index in [0.29, 0.717) is 0 Å². The summed E-state index contributed by atoms with van der Waals surface area (Å²) in [5, 5.41) is 4.41. The minimum atomic E-state index is 0.197. The van der Waals surface area contributed by atoms with Gasteiger partial charge in [0.2, 0.25) is 0 Å². The third kappa shape index (κ3) is 5.19. The molecule has 0 bridgehead atoms. The van der Waals surface area contributed by atoms with Crippen LogP contribution >= 0.6 is 11.8 Å². The first-order valence-electron chi connectivity index (χ1n) is 4.72. The zero-order chi connectivity index (χ0) is 10.4. The molecule has 0 amide bonds. The maximum absolute atomic E-state index is 4.19. The Balaban J connectivity index is 2.17. The smallest absolute Gasteiger partial charge is 0.114 e. The van der Waals surface area contributed by atoms with Crippen LogP contribution in [-0.2, 0) is 0 Å². The molecular weight excluding hydrogens is 194 g/mol. The number of nitrogens with zero attached hydrogens (tertiary/aromatic N) is 2. The molecule has 0 radical (unpaired) electrons. The van der Waals surface area contributed by atoms with Crippen molar-refractivity contribution in [2.75, 3.05) is 12.3 Å². The molecule has 78 valence electrons. The molecule has 4 heteroatoms. The molecule has 0 fully saturated rings. The molecule has 0 spiro atoms. The van der Waals surface area contributed by atoms with Crippen molar-refractivity contribution in [2.24, 2.45) is 0 Å². The Morgan fingerprint density at radius 3 is 2.71 bits per heavy atom. The molecule has 0 saturated carbocycles. The molecule has 0 aliphatic carbocycles. The normalized spacial score (nSPS) is 11.6. The maximum Gasteiger partial charge on any atom is 0.114 e. The lowest BCUT2D eigenvalue weighted by Crippen LogP contribution is -2.37. The molecule has 14 heavy (non-hydrogen) atoms. The number of hydrogen-bond acceptors (Lipinski definition) is 4. The Morgan fingerprint density at radius 1 is 1.36 bits per heavy atom. The fraction of sp³-hybridized carbons (Fsp3) is 0.600. The second kappa shape index (κ2) is 5.32. The number of thioether (sulfide) groups is 1. The van der Waals surface area contributed by atoms with Gasteiger partial charge in [0.15, 0.2) is 0 Å². The van der Waals surface area contributed by atoms with Crippen molar-refractivity contribution in [3.63, 3.8) is 0 Å². The molecule has 0 aliphatic heterocycles. The van der Waals surface area contributed by atoms with Gasteiger partial charge in [-0.25, -0.2) is 4.98 Å². The van der Waals surface area contributed by atoms with Crippen LogP contribution in [0.15, 0.2) is 23.6 Å². The van der Waals surface area contributed by atoms with Crippen LogP contribution in [0.4, 0.5) is 0 Å². The summed E-state index contributed by atoms with van der Waals surface area (Å²) in [5.41, 5.74) is 0.197. The SMILES string of the molecule is CC(C)(C)NCCSc1cnccn1. The summed E-state index contributed by atoms with van der Waals surface area (Å²) in [6.07, 6.45) is 5.21. The van der Waals surface area contributed by atoms with E-state index in [1.165, 1.54) is 0 Å². The summed E-state index contributed by atoms with van der Waals surface area (Å²) in [6.45, 7) is 7.49. The summed E-state index contributed by atoms with van der Waals surface area (Å²) in [5.74, 6) is 1.02. The van der Waals surface area contributed by atoms with Gasteiger partial charge in [-0.2, -0.15) is 0 Å². The van der Waals surface area contributed by atoms with Gasteiger partial charge >= 0.3 is 0 Å². The zero-order valence-corrected chi connectivity index (χ0v) is 9.77. The highest BCUT2D eigenvalue weighted by atomic mass is 32.2. The molecule has 1 heterocycles. The van der Waals surface area contributed by atoms with Crippen LogP contribution in [0, 0.1) is 0 Å². The highest BCUT2D eigenvalue weighted by molar-refractivity contribution is 7.99. The van der Waals surface area contributed by atoms with Gasteiger partial charge < -0.3 is 5.32 Å². The van der Waals surface area contributed by atoms with Crippen molar-refractivity contribution in [2.45, 2.75) is 31.3 Å². The van der Waals surface area contributed by atoms with Gasteiger partial charge in [0.25, 0.3) is 0 Å². The van der Waals surface area contributed by atoms with Crippen LogP contribution in [0.25, 0.3) is 0 Å². The lowest BCUT2D eigenvalue weighted by atomic mass is 10.1. The van der Waals surface area contributed by atoms with Gasteiger partial charge in [-0.3, -0.25) is 4.98 Å². The Bertz CT molecular complexity index is 256. The van der Waals surface area contributed by atoms with E-state index in [1.807, 2.05) is 0 Å². The summed E-state index contributed by atoms with van der Waals surface area (Å²) in [6, 6.07) is 0. The van der Waals surface area contributed by atoms with Gasteiger partial charge in [-0.15, -0.1) is 11.8 Å². The third-order valence-electron chi connectivity index (χ3n) is 1.55. The van der Waals surface area contributed by atoms with Crippen LogP contribution in [-0.4, -0.2) is 27.8 Å². The molecule has 0 saturated heterocycles. The first kappa shape index (κ1) is 11.5. The number of aromatic nitrogens is 2. The van der Waals surface area contributed by atoms with Gasteiger partial charge in [0.05, 0.1) is 6.20 Å². The van der Waals surface area contributed by atoms with E-state index >= 15 is 0 Å². The molecule has 1 aromatic heterocycles. The van der Waals surface area contributed by atoms with Crippen molar-refractivity contribution in [1.82, 2.24) is 15.3 Å². The molecule has 3 nitrogen and oxygen atoms in total. The van der Waals surface area contributed by atoms with Crippen molar-refractivity contribution in [3.8, 4) is 0 Å². The van der Waals surface area contributed by atoms with Gasteiger partial charge in [-0.1, -0.05) is 0 Å². The number of hydrogen-bond donors (Lipinski definition) is 1. The molecule has 1 rings (SSSR count). The second-order valence-electron chi connectivity index (χ2n) is 4.07. The van der Waals surface area contributed by atoms with Crippen molar-refractivity contribution in [1.29, 1.82) is 0 Å². The second-order valence-corrected chi connectivity index (χ2v) is 5.18. The van der Waals surface area contributed by atoms with Crippen LogP contribution < -0.4 is 5.32 Å². The highest BCUT2D eigenvalue weighted by Crippen LogP contribution is 2.11. The standard InChI is InChI=1S/C10H17N3S/c1-10(2,3)13-6-7-14-9-8-11-4-5-12-9/h4-5,8,13H,6-7H2,1-3H3. The first-order valence-corrected chi connectivity index (χ1v) is 5.70. The Hall–Kier alpha value is -0.610. The lowest BCUT2D eigenvalue weighted by molar-refractivity contribution is 0.441. The number of rotatable bonds is 4. The predicted molar refractivity (Wildman–Crippen MR) is 60.5 cm³/mol. The Morgan fingerprint density at radius 2 is 2.14 bits per heavy atom. The van der Waals surface area contributed by atoms with Gasteiger partial charge in [-0.05, 0) is 20.8 Å². The van der Waals surface area contributed by atoms with E-state index in [4.69, 9.17) is 0 Å². The lowest BCUT2D eigenvalue weighted by Gasteiger charge is -2.19. The van der Waals surface area contributed by atoms with Crippen molar-refractivity contribution < 1.29 is 0 Å². The van der Waals surface area contributed by atoms with Crippen LogP contribution in [0.1, 0.15) is 20.8 Å². The van der Waals surface area contributed by atoms with Crippen LogP contribution in [0.3, 0.4) is 0 Å². The molecule has 0 unspecified atom stereocenters. The van der Waals surface area contributed by atoms with Crippen molar-refractivity contribution >= 4 is 11.8 Å². The van der Waals surface area contributed by atoms with Crippen LogP contribution in [0.5, 0.6) is 0 Å². The van der Waals surface area contributed by atoms with Gasteiger partial charge in [0, 0.05) is 30.2 Å². The molecule has 1 N–H and O–H groups in total. The first-order chi connectivity index (χ1) is 6.58. The number of nitrogens with one attached hydrogen (secondary N) is 1. The van der Waals surface area contributed by atoms with Crippen LogP contribution in [0.2, 0.25) is 0 Å². The Labute approximate surface area is 89.7 Å². The van der Waals surface area contributed by atoms with E-state index in [9.17, 15) is 0 Å². The van der Waals surface area contributed by atoms with Gasteiger partial charge in [0.1, 0.15) is 5.03 Å². The van der Waals surface area contributed by atoms with E-state index in [-0.39, 0.29) is 5.54 Å².